The summed E-state index contributed by atoms with van der Waals surface area (Å²) in [5, 5.41) is 5.12. The molecule has 0 unspecified atom stereocenters. The monoisotopic (exact) mass is 573 g/mol. The Kier molecular flexibility index (Phi) is 12.5. The van der Waals surface area contributed by atoms with E-state index in [1.165, 1.54) is 7.11 Å². The van der Waals surface area contributed by atoms with E-state index in [1.807, 2.05) is 44.2 Å². The van der Waals surface area contributed by atoms with Gasteiger partial charge in [0.1, 0.15) is 0 Å². The van der Waals surface area contributed by atoms with Gasteiger partial charge < -0.3 is 0 Å². The van der Waals surface area contributed by atoms with Crippen molar-refractivity contribution in [3.8, 4) is 0 Å². The van der Waals surface area contributed by atoms with Crippen LogP contribution in [0.4, 0.5) is 4.79 Å². The number of esters is 1. The van der Waals surface area contributed by atoms with E-state index >= 15 is 0 Å². The third kappa shape index (κ3) is 10.0. The molecule has 2 atom stereocenters. The van der Waals surface area contributed by atoms with E-state index in [1.54, 1.807) is 18.7 Å². The topological polar surface area (TPSA) is 162 Å². The second kappa shape index (κ2) is 15.1. The maximum absolute atomic E-state index is 13.0. The van der Waals surface area contributed by atoms with Crippen LogP contribution in [0.2, 0.25) is 0 Å². The average molecular weight is 574 g/mol. The molecule has 1 heterocycles. The molecule has 14 heteroatoms. The first-order valence-corrected chi connectivity index (χ1v) is 14.4. The molecule has 1 aliphatic heterocycles. The van der Waals surface area contributed by atoms with Crippen LogP contribution in [0.15, 0.2) is 30.3 Å². The molecule has 3 N–H and O–H groups in total. The number of benzene rings is 1. The van der Waals surface area contributed by atoms with Gasteiger partial charge in [0.15, 0.2) is 0 Å². The van der Waals surface area contributed by atoms with Crippen molar-refractivity contribution in [2.45, 2.75) is 52.7 Å². The van der Waals surface area contributed by atoms with Crippen LogP contribution >= 0.6 is 8.17 Å². The molecule has 1 aromatic carbocycles. The quantitative estimate of drug-likeness (QED) is 0.180. The van der Waals surface area contributed by atoms with Crippen LogP contribution in [-0.2, 0) is 43.8 Å². The Morgan fingerprint density at radius 3 is 2.46 bits per heavy atom. The molecule has 2 rings (SSSR count). The van der Waals surface area contributed by atoms with E-state index in [9.17, 15) is 24.1 Å². The van der Waals surface area contributed by atoms with Gasteiger partial charge in [-0.25, -0.2) is 0 Å². The Morgan fingerprint density at radius 1 is 1.18 bits per heavy atom. The second-order valence-corrected chi connectivity index (χ2v) is 11.4. The van der Waals surface area contributed by atoms with Gasteiger partial charge in [-0.2, -0.15) is 0 Å². The standard InChI is InChI=1S/C25H40N3O10P/c1-6-28(7-2)23(31)19(15-18-11-9-8-10-12-18)27-24(32)35-17-37-39(33)36-16-25(3,4)21(38-39)22(30)26-14-13-20(29)34-5/h8-12,19,21,33,39H,6-7,13-17H2,1-5H3,(H,26,30)(H,27,32)/t19-,21-/m0/s1. The van der Waals surface area contributed by atoms with Crippen LogP contribution in [0.25, 0.3) is 0 Å². The van der Waals surface area contributed by atoms with Crippen LogP contribution in [0.5, 0.6) is 0 Å². The van der Waals surface area contributed by atoms with Crippen molar-refractivity contribution in [1.82, 2.24) is 15.5 Å². The zero-order valence-electron chi connectivity index (χ0n) is 23.1. The van der Waals surface area contributed by atoms with E-state index in [-0.39, 0.29) is 31.9 Å². The van der Waals surface area contributed by atoms with Gasteiger partial charge in [0.25, 0.3) is 0 Å². The van der Waals surface area contributed by atoms with Gasteiger partial charge in [-0.1, -0.05) is 0 Å². The van der Waals surface area contributed by atoms with Crippen molar-refractivity contribution in [3.63, 3.8) is 0 Å². The summed E-state index contributed by atoms with van der Waals surface area (Å²) in [5.41, 5.74) is 0.0230. The molecule has 0 radical (unpaired) electrons. The number of ether oxygens (including phenoxy) is 2. The van der Waals surface area contributed by atoms with Crippen molar-refractivity contribution in [3.05, 3.63) is 35.9 Å². The summed E-state index contributed by atoms with van der Waals surface area (Å²) in [4.78, 5) is 61.8. The number of likely N-dealkylation sites (N-methyl/N-ethyl adjacent to an activating group) is 1. The molecule has 0 saturated carbocycles. The third-order valence-electron chi connectivity index (χ3n) is 6.08. The summed E-state index contributed by atoms with van der Waals surface area (Å²) in [6, 6.07) is 8.34. The molecule has 13 nitrogen and oxygen atoms in total. The van der Waals surface area contributed by atoms with Crippen LogP contribution in [-0.4, -0.2) is 86.0 Å². The number of nitrogens with zero attached hydrogens (tertiary/aromatic N) is 1. The molecule has 1 saturated heterocycles. The third-order valence-corrected chi connectivity index (χ3v) is 7.60. The molecule has 1 fully saturated rings. The molecule has 39 heavy (non-hydrogen) atoms. The summed E-state index contributed by atoms with van der Waals surface area (Å²) in [6.07, 6.45) is -1.88. The summed E-state index contributed by atoms with van der Waals surface area (Å²) < 4.78 is 25.7. The van der Waals surface area contributed by atoms with Crippen LogP contribution in [0, 0.1) is 5.41 Å². The van der Waals surface area contributed by atoms with Gasteiger partial charge >= 0.3 is 229 Å². The molecule has 1 aromatic rings. The zero-order chi connectivity index (χ0) is 29.1. The Morgan fingerprint density at radius 2 is 1.85 bits per heavy atom. The molecular formula is C25H40N3O10P. The normalized spacial score (nSPS) is 19.2. The summed E-state index contributed by atoms with van der Waals surface area (Å²) in [7, 11) is -3.13. The van der Waals surface area contributed by atoms with E-state index < -0.39 is 50.5 Å². The predicted octanol–water partition coefficient (Wildman–Crippen LogP) is 1.69. The number of amides is 3. The number of alkyl carbamates (subject to hydrolysis) is 1. The Balaban J connectivity index is 1.95. The number of methoxy groups -OCH3 is 1. The van der Waals surface area contributed by atoms with Crippen molar-refractivity contribution < 1.29 is 47.1 Å². The molecule has 0 aliphatic carbocycles. The average Bonchev–Trinajstić information content (AvgIpc) is 2.91. The second-order valence-electron chi connectivity index (χ2n) is 9.51. The Labute approximate surface area is 229 Å². The van der Waals surface area contributed by atoms with E-state index in [0.29, 0.717) is 13.1 Å². The fourth-order valence-electron chi connectivity index (χ4n) is 3.81. The minimum absolute atomic E-state index is 0.0167. The van der Waals surface area contributed by atoms with Crippen LogP contribution < -0.4 is 10.6 Å². The maximum atomic E-state index is 13.0. The number of hydrogen-bond acceptors (Lipinski definition) is 10. The predicted molar refractivity (Wildman–Crippen MR) is 142 cm³/mol. The summed E-state index contributed by atoms with van der Waals surface area (Å²) in [6.45, 7) is 7.24. The molecule has 1 aliphatic rings. The number of rotatable bonds is 13. The van der Waals surface area contributed by atoms with E-state index in [4.69, 9.17) is 18.3 Å². The Hall–Kier alpha value is -2.83. The zero-order valence-corrected chi connectivity index (χ0v) is 24.1. The number of nitrogens with one attached hydrogen (secondary N) is 2. The van der Waals surface area contributed by atoms with Crippen molar-refractivity contribution in [2.24, 2.45) is 5.41 Å². The molecular weight excluding hydrogens is 533 g/mol. The number of hydrogen-bond donors (Lipinski definition) is 3. The SMILES string of the molecule is CCN(CC)C(=O)[C@H](Cc1ccccc1)NC(=O)OCO[PH]1(O)OCC(C)(C)[C@H](C(=O)NCCC(=O)OC)O1. The molecule has 3 amide bonds. The van der Waals surface area contributed by atoms with Crippen LogP contribution in [0.1, 0.15) is 39.7 Å². The number of carbonyl (C=O) groups is 4. The fraction of sp³-hybridized carbons (Fsp3) is 0.600. The van der Waals surface area contributed by atoms with Crippen LogP contribution in [0.3, 0.4) is 0 Å². The number of carbonyl (C=O) groups excluding carboxylic acids is 4. The van der Waals surface area contributed by atoms with Gasteiger partial charge in [0.05, 0.1) is 0 Å². The Bertz CT molecular complexity index is 976. The van der Waals surface area contributed by atoms with Gasteiger partial charge in [0, 0.05) is 0 Å². The summed E-state index contributed by atoms with van der Waals surface area (Å²) in [5.74, 6) is -1.33. The van der Waals surface area contributed by atoms with E-state index in [0.717, 1.165) is 5.56 Å². The molecule has 220 valence electrons. The van der Waals surface area contributed by atoms with Gasteiger partial charge in [-0.15, -0.1) is 0 Å². The van der Waals surface area contributed by atoms with Crippen molar-refractivity contribution >= 4 is 32.0 Å². The molecule has 0 spiro atoms. The first-order chi connectivity index (χ1) is 18.4. The van der Waals surface area contributed by atoms with Gasteiger partial charge in [-0.3, -0.25) is 0 Å². The molecule has 0 bridgehead atoms. The fourth-order valence-corrected chi connectivity index (χ4v) is 5.51. The van der Waals surface area contributed by atoms with Gasteiger partial charge in [0.2, 0.25) is 0 Å². The van der Waals surface area contributed by atoms with Crippen molar-refractivity contribution in [1.29, 1.82) is 0 Å². The first-order valence-electron chi connectivity index (χ1n) is 12.7. The van der Waals surface area contributed by atoms with Gasteiger partial charge in [-0.05, 0) is 0 Å². The van der Waals surface area contributed by atoms with E-state index in [2.05, 4.69) is 15.4 Å². The minimum atomic E-state index is -4.37. The van der Waals surface area contributed by atoms with Crippen molar-refractivity contribution in [2.75, 3.05) is 40.1 Å². The molecule has 0 aromatic heterocycles. The first kappa shape index (κ1) is 32.4. The summed E-state index contributed by atoms with van der Waals surface area (Å²) >= 11 is 0.